The van der Waals surface area contributed by atoms with Crippen molar-refractivity contribution in [3.63, 3.8) is 0 Å². The van der Waals surface area contributed by atoms with E-state index in [2.05, 4.69) is 129 Å². The smallest absolute Gasteiger partial charge is 0.220 e. The second-order valence-electron chi connectivity index (χ2n) is 28.1. The van der Waals surface area contributed by atoms with E-state index in [0.717, 1.165) is 128 Å². The lowest BCUT2D eigenvalue weighted by Crippen LogP contribution is -2.66. The molecule has 19 nitrogen and oxygen atoms in total. The van der Waals surface area contributed by atoms with Crippen LogP contribution in [0.3, 0.4) is 0 Å². The van der Waals surface area contributed by atoms with Crippen molar-refractivity contribution < 1.29 is 89.4 Å². The summed E-state index contributed by atoms with van der Waals surface area (Å²) in [6.45, 7) is 1.63. The average molecular weight is 1460 g/mol. The summed E-state index contributed by atoms with van der Waals surface area (Å²) in [6.07, 6.45) is 61.7. The first-order chi connectivity index (χ1) is 50.3. The lowest BCUT2D eigenvalue weighted by atomic mass is 9.96. The van der Waals surface area contributed by atoms with Crippen LogP contribution >= 0.6 is 0 Å². The molecule has 3 aliphatic rings. The van der Waals surface area contributed by atoms with Crippen molar-refractivity contribution >= 4 is 5.91 Å². The zero-order valence-electron chi connectivity index (χ0n) is 63.3. The fourth-order valence-electron chi connectivity index (χ4n) is 12.8. The summed E-state index contributed by atoms with van der Waals surface area (Å²) < 4.78 is 34.4. The first-order valence-corrected chi connectivity index (χ1v) is 40.3. The van der Waals surface area contributed by atoms with Crippen LogP contribution in [0.15, 0.2) is 122 Å². The average Bonchev–Trinajstić information content (AvgIpc) is 0.781. The molecule has 0 spiro atoms. The summed E-state index contributed by atoms with van der Waals surface area (Å²) in [5.41, 5.74) is 0. The molecule has 0 bridgehead atoms. The molecule has 103 heavy (non-hydrogen) atoms. The number of carbonyl (C=O) groups is 1. The van der Waals surface area contributed by atoms with Gasteiger partial charge < -0.3 is 89.9 Å². The second-order valence-corrected chi connectivity index (χ2v) is 28.1. The number of ether oxygens (including phenoxy) is 6. The van der Waals surface area contributed by atoms with Gasteiger partial charge in [0.15, 0.2) is 18.9 Å². The normalized spacial score (nSPS) is 26.7. The zero-order chi connectivity index (χ0) is 74.6. The standard InChI is InChI=1S/C84H143NO18/c1-3-5-7-9-11-13-15-17-19-21-23-25-27-28-29-30-31-32-33-34-35-36-37-38-40-42-44-46-48-50-52-54-56-58-60-62-72(90)85-67(68(89)61-59-57-55-53-51-49-47-45-43-41-39-26-24-22-20-18-16-14-12-10-8-6-4-2)66-98-82-78(96)75(93)80(70(64-87)100-82)103-84-79(97)76(94)81(71(65-88)101-84)102-83-77(95)74(92)73(91)69(63-86)99-83/h5,7,11,13,17,19,23,25,28-29,31-32,34-35,37-38,42,44,59,61,67-71,73-84,86-89,91-97H,3-4,6,8-10,12,14-16,18,20-22,24,26-27,30,33,36,39-41,43,45-58,60,62-66H2,1-2H3,(H,85,90)/b7-5-,13-11-,19-17-,25-23-,29-28-,32-31-,35-34-,38-37-,44-42-,61-59+. The summed E-state index contributed by atoms with van der Waals surface area (Å²) >= 11 is 0. The minimum absolute atomic E-state index is 0.223. The lowest BCUT2D eigenvalue weighted by Gasteiger charge is -2.48. The molecule has 3 fully saturated rings. The molecule has 17 unspecified atom stereocenters. The minimum Gasteiger partial charge on any atom is -0.394 e. The van der Waals surface area contributed by atoms with Gasteiger partial charge in [-0.1, -0.05) is 296 Å². The number of amides is 1. The van der Waals surface area contributed by atoms with Gasteiger partial charge in [-0.2, -0.15) is 0 Å². The number of aliphatic hydroxyl groups is 11. The van der Waals surface area contributed by atoms with E-state index in [-0.39, 0.29) is 18.9 Å². The van der Waals surface area contributed by atoms with Gasteiger partial charge in [-0.25, -0.2) is 0 Å². The van der Waals surface area contributed by atoms with Crippen LogP contribution in [0.5, 0.6) is 0 Å². The van der Waals surface area contributed by atoms with E-state index < -0.39 is 124 Å². The minimum atomic E-state index is -1.99. The fraction of sp³-hybridized carbons (Fsp3) is 0.750. The Kier molecular flexibility index (Phi) is 57.3. The number of allylic oxidation sites excluding steroid dienone is 19. The van der Waals surface area contributed by atoms with Gasteiger partial charge in [0.1, 0.15) is 73.2 Å². The van der Waals surface area contributed by atoms with Crippen LogP contribution in [0, 0.1) is 0 Å². The number of carbonyl (C=O) groups excluding carboxylic acids is 1. The van der Waals surface area contributed by atoms with Crippen molar-refractivity contribution in [2.45, 2.75) is 375 Å². The third-order valence-electron chi connectivity index (χ3n) is 19.3. The third-order valence-corrected chi connectivity index (χ3v) is 19.3. The fourth-order valence-corrected chi connectivity index (χ4v) is 12.8. The molecule has 0 saturated carbocycles. The summed E-state index contributed by atoms with van der Waals surface area (Å²) in [7, 11) is 0. The Bertz CT molecular complexity index is 2330. The predicted molar refractivity (Wildman–Crippen MR) is 410 cm³/mol. The number of nitrogens with one attached hydrogen (secondary N) is 1. The van der Waals surface area contributed by atoms with Gasteiger partial charge in [0, 0.05) is 6.42 Å². The summed E-state index contributed by atoms with van der Waals surface area (Å²) in [5, 5.41) is 121. The highest BCUT2D eigenvalue weighted by Gasteiger charge is 2.54. The Labute approximate surface area is 620 Å². The SMILES string of the molecule is CC/C=C\C/C=C\C/C=C\C/C=C\C/C=C\C/C=C\C/C=C\C/C=C\C/C=C\CCCCCCCCCC(=O)NC(COC1OC(CO)C(OC2OC(CO)C(OC3OC(CO)C(O)C(O)C3O)C(O)C2O)C(O)C1O)C(O)/C=C/CCCCCCCCCCCCCCCCCCCCCCC. The van der Waals surface area contributed by atoms with Gasteiger partial charge in [-0.15, -0.1) is 0 Å². The largest absolute Gasteiger partial charge is 0.394 e. The monoisotopic (exact) mass is 1450 g/mol. The van der Waals surface area contributed by atoms with Crippen LogP contribution < -0.4 is 5.32 Å². The molecule has 17 atom stereocenters. The van der Waals surface area contributed by atoms with Crippen LogP contribution in [-0.2, 0) is 33.2 Å². The van der Waals surface area contributed by atoms with E-state index in [4.69, 9.17) is 28.4 Å². The predicted octanol–water partition coefficient (Wildman–Crippen LogP) is 13.5. The van der Waals surface area contributed by atoms with Crippen LogP contribution in [0.25, 0.3) is 0 Å². The second kappa shape index (κ2) is 63.2. The Morgan fingerprint density at radius 1 is 0.359 bits per heavy atom. The molecule has 3 rings (SSSR count). The van der Waals surface area contributed by atoms with Crippen LogP contribution in [0.1, 0.15) is 271 Å². The number of rotatable bonds is 62. The molecule has 592 valence electrons. The Morgan fingerprint density at radius 3 is 1.05 bits per heavy atom. The molecule has 19 heteroatoms. The van der Waals surface area contributed by atoms with E-state index >= 15 is 0 Å². The van der Waals surface area contributed by atoms with Crippen molar-refractivity contribution in [2.24, 2.45) is 0 Å². The van der Waals surface area contributed by atoms with Crippen molar-refractivity contribution in [2.75, 3.05) is 26.4 Å². The number of unbranched alkanes of at least 4 members (excludes halogenated alkanes) is 28. The van der Waals surface area contributed by atoms with E-state index in [9.17, 15) is 61.0 Å². The summed E-state index contributed by atoms with van der Waals surface area (Å²) in [6, 6.07) is -0.990. The lowest BCUT2D eigenvalue weighted by molar-refractivity contribution is -0.379. The molecule has 0 aromatic rings. The molecular formula is C84H143NO18. The maximum Gasteiger partial charge on any atom is 0.220 e. The van der Waals surface area contributed by atoms with Crippen molar-refractivity contribution in [3.05, 3.63) is 122 Å². The summed E-state index contributed by atoms with van der Waals surface area (Å²) in [5.74, 6) is -0.289. The molecule has 3 aliphatic heterocycles. The number of aliphatic hydroxyl groups excluding tert-OH is 11. The number of hydrogen-bond acceptors (Lipinski definition) is 18. The van der Waals surface area contributed by atoms with Crippen LogP contribution in [0.2, 0.25) is 0 Å². The van der Waals surface area contributed by atoms with E-state index in [1.54, 1.807) is 6.08 Å². The Hall–Kier alpha value is -3.81. The van der Waals surface area contributed by atoms with Gasteiger partial charge in [0.05, 0.1) is 38.6 Å². The highest BCUT2D eigenvalue weighted by Crippen LogP contribution is 2.33. The molecule has 3 saturated heterocycles. The maximum absolute atomic E-state index is 13.5. The van der Waals surface area contributed by atoms with E-state index in [1.807, 2.05) is 6.08 Å². The Morgan fingerprint density at radius 2 is 0.670 bits per heavy atom. The molecule has 1 amide bonds. The van der Waals surface area contributed by atoms with E-state index in [1.165, 1.54) is 116 Å². The molecule has 0 radical (unpaired) electrons. The van der Waals surface area contributed by atoms with Crippen molar-refractivity contribution in [3.8, 4) is 0 Å². The van der Waals surface area contributed by atoms with Gasteiger partial charge in [-0.3, -0.25) is 4.79 Å². The third kappa shape index (κ3) is 43.1. The van der Waals surface area contributed by atoms with Gasteiger partial charge in [0.2, 0.25) is 5.91 Å². The van der Waals surface area contributed by atoms with Gasteiger partial charge in [-0.05, 0) is 89.9 Å². The van der Waals surface area contributed by atoms with E-state index in [0.29, 0.717) is 6.42 Å². The van der Waals surface area contributed by atoms with Gasteiger partial charge in [0.25, 0.3) is 0 Å². The van der Waals surface area contributed by atoms with Gasteiger partial charge >= 0.3 is 0 Å². The topological polar surface area (TPSA) is 307 Å². The maximum atomic E-state index is 13.5. The molecule has 3 heterocycles. The first kappa shape index (κ1) is 93.4. The van der Waals surface area contributed by atoms with Crippen LogP contribution in [0.4, 0.5) is 0 Å². The quantitative estimate of drug-likeness (QED) is 0.0199. The highest BCUT2D eigenvalue weighted by molar-refractivity contribution is 5.76. The zero-order valence-corrected chi connectivity index (χ0v) is 63.3. The van der Waals surface area contributed by atoms with Crippen molar-refractivity contribution in [1.82, 2.24) is 5.32 Å². The number of hydrogen-bond donors (Lipinski definition) is 12. The first-order valence-electron chi connectivity index (χ1n) is 40.3. The van der Waals surface area contributed by atoms with Crippen LogP contribution in [-0.4, -0.2) is 193 Å². The molecule has 12 N–H and O–H groups in total. The Balaban J connectivity index is 1.38. The highest BCUT2D eigenvalue weighted by atomic mass is 16.8. The summed E-state index contributed by atoms with van der Waals surface area (Å²) in [4.78, 5) is 13.5. The van der Waals surface area contributed by atoms with Crippen molar-refractivity contribution in [1.29, 1.82) is 0 Å². The molecule has 0 aliphatic carbocycles. The molecule has 0 aromatic carbocycles. The molecule has 0 aromatic heterocycles. The molecular weight excluding hydrogens is 1310 g/mol.